The maximum absolute atomic E-state index is 6.87. The summed E-state index contributed by atoms with van der Waals surface area (Å²) in [6, 6.07) is 39.9. The molecule has 0 radical (unpaired) electrons. The van der Waals surface area contributed by atoms with Crippen molar-refractivity contribution in [3.8, 4) is 67.0 Å². The third-order valence-corrected chi connectivity index (χ3v) is 9.40. The molecule has 0 saturated carbocycles. The molecule has 51 heavy (non-hydrogen) atoms. The monoisotopic (exact) mass is 684 g/mol. The van der Waals surface area contributed by atoms with Crippen LogP contribution in [0, 0.1) is 0 Å². The average molecular weight is 685 g/mol. The summed E-state index contributed by atoms with van der Waals surface area (Å²) in [7, 11) is 0. The van der Waals surface area contributed by atoms with E-state index in [1.807, 2.05) is 36.9 Å². The minimum atomic E-state index is 0.00246. The van der Waals surface area contributed by atoms with Crippen LogP contribution in [0.3, 0.4) is 0 Å². The van der Waals surface area contributed by atoms with Crippen molar-refractivity contribution in [2.75, 3.05) is 0 Å². The van der Waals surface area contributed by atoms with Crippen LogP contribution < -0.4 is 0 Å². The molecule has 4 aromatic heterocycles. The fourth-order valence-electron chi connectivity index (χ4n) is 6.30. The summed E-state index contributed by atoms with van der Waals surface area (Å²) in [5.41, 5.74) is 14.4. The molecule has 0 bridgehead atoms. The lowest BCUT2D eigenvalue weighted by Gasteiger charge is -2.17. The van der Waals surface area contributed by atoms with Crippen LogP contribution in [-0.2, 0) is 10.8 Å². The smallest absolute Gasteiger partial charge is 0.0717 e. The van der Waals surface area contributed by atoms with Crippen molar-refractivity contribution in [3.05, 3.63) is 156 Å². The lowest BCUT2D eigenvalue weighted by Crippen LogP contribution is -2.12. The highest BCUT2D eigenvalue weighted by Crippen LogP contribution is 2.39. The van der Waals surface area contributed by atoms with Gasteiger partial charge in [0.05, 0.1) is 11.4 Å². The van der Waals surface area contributed by atoms with Gasteiger partial charge >= 0.3 is 0 Å². The first-order valence-electron chi connectivity index (χ1n) is 17.3. The molecule has 0 aliphatic rings. The number of hydrogen-bond donors (Lipinski definition) is 0. The minimum Gasteiger partial charge on any atom is -0.260 e. The summed E-state index contributed by atoms with van der Waals surface area (Å²) < 4.78 is 0. The number of nitrogens with zero attached hydrogens (tertiary/aromatic N) is 4. The Morgan fingerprint density at radius 3 is 1.04 bits per heavy atom. The van der Waals surface area contributed by atoms with Gasteiger partial charge in [0.25, 0.3) is 0 Å². The maximum Gasteiger partial charge on any atom is 0.0717 e. The second-order valence-corrected chi connectivity index (χ2v) is 15.5. The van der Waals surface area contributed by atoms with Crippen LogP contribution in [0.2, 0.25) is 5.02 Å². The van der Waals surface area contributed by atoms with E-state index in [4.69, 9.17) is 31.5 Å². The van der Waals surface area contributed by atoms with Crippen molar-refractivity contribution >= 4 is 11.6 Å². The molecule has 0 unspecified atom stereocenters. The van der Waals surface area contributed by atoms with E-state index in [0.29, 0.717) is 5.02 Å². The molecule has 0 aliphatic heterocycles. The number of rotatable bonds is 6. The molecule has 7 aromatic rings. The topological polar surface area (TPSA) is 51.6 Å². The van der Waals surface area contributed by atoms with Gasteiger partial charge in [-0.1, -0.05) is 114 Å². The molecule has 0 amide bonds. The van der Waals surface area contributed by atoms with Crippen molar-refractivity contribution in [3.63, 3.8) is 0 Å². The molecule has 252 valence electrons. The molecule has 3 aromatic carbocycles. The van der Waals surface area contributed by atoms with Crippen molar-refractivity contribution in [1.29, 1.82) is 0 Å². The molecule has 0 N–H and O–H groups in total. The van der Waals surface area contributed by atoms with Gasteiger partial charge in [0.2, 0.25) is 0 Å². The average Bonchev–Trinajstić information content (AvgIpc) is 3.14. The fraction of sp³-hybridized carbons (Fsp3) is 0.174. The number of pyridine rings is 4. The van der Waals surface area contributed by atoms with Gasteiger partial charge < -0.3 is 0 Å². The van der Waals surface area contributed by atoms with Gasteiger partial charge in [0.15, 0.2) is 0 Å². The summed E-state index contributed by atoms with van der Waals surface area (Å²) in [5, 5.41) is 0.673. The maximum atomic E-state index is 6.87. The van der Waals surface area contributed by atoms with E-state index >= 15 is 0 Å². The number of halogens is 1. The van der Waals surface area contributed by atoms with Gasteiger partial charge in [-0.3, -0.25) is 19.9 Å². The van der Waals surface area contributed by atoms with Crippen molar-refractivity contribution in [2.24, 2.45) is 0 Å². The highest BCUT2D eigenvalue weighted by molar-refractivity contribution is 6.31. The summed E-state index contributed by atoms with van der Waals surface area (Å²) in [6.07, 6.45) is 7.71. The van der Waals surface area contributed by atoms with Crippen LogP contribution in [0.1, 0.15) is 52.9 Å². The summed E-state index contributed by atoms with van der Waals surface area (Å²) in [4.78, 5) is 19.1. The molecule has 5 heteroatoms. The summed E-state index contributed by atoms with van der Waals surface area (Å²) >= 11 is 6.87. The first kappa shape index (κ1) is 34.0. The van der Waals surface area contributed by atoms with E-state index in [0.717, 1.165) is 78.4 Å². The Kier molecular flexibility index (Phi) is 9.13. The molecule has 4 nitrogen and oxygen atoms in total. The fourth-order valence-corrected chi connectivity index (χ4v) is 6.53. The Labute approximate surface area is 306 Å². The van der Waals surface area contributed by atoms with Crippen LogP contribution in [0.15, 0.2) is 140 Å². The van der Waals surface area contributed by atoms with Crippen LogP contribution in [0.25, 0.3) is 67.0 Å². The Bertz CT molecular complexity index is 2130. The molecular weight excluding hydrogens is 644 g/mol. The summed E-state index contributed by atoms with van der Waals surface area (Å²) in [6.45, 7) is 13.0. The first-order valence-corrected chi connectivity index (χ1v) is 17.7. The molecule has 0 saturated heterocycles. The van der Waals surface area contributed by atoms with Gasteiger partial charge in [0, 0.05) is 74.3 Å². The predicted molar refractivity (Wildman–Crippen MR) is 213 cm³/mol. The van der Waals surface area contributed by atoms with E-state index < -0.39 is 0 Å². The van der Waals surface area contributed by atoms with Crippen LogP contribution in [0.4, 0.5) is 0 Å². The van der Waals surface area contributed by atoms with E-state index in [1.165, 1.54) is 0 Å². The van der Waals surface area contributed by atoms with Crippen LogP contribution >= 0.6 is 11.6 Å². The van der Waals surface area contributed by atoms with E-state index in [1.54, 1.807) is 0 Å². The second kappa shape index (κ2) is 13.7. The minimum absolute atomic E-state index is 0.00246. The molecule has 4 heterocycles. The zero-order valence-electron chi connectivity index (χ0n) is 29.9. The zero-order chi connectivity index (χ0) is 35.8. The largest absolute Gasteiger partial charge is 0.260 e. The number of hydrogen-bond acceptors (Lipinski definition) is 4. The normalized spacial score (nSPS) is 11.8. The number of aromatic nitrogens is 4. The van der Waals surface area contributed by atoms with E-state index in [-0.39, 0.29) is 10.8 Å². The predicted octanol–water partition coefficient (Wildman–Crippen LogP) is 12.5. The van der Waals surface area contributed by atoms with Gasteiger partial charge in [0.1, 0.15) is 0 Å². The third-order valence-electron chi connectivity index (χ3n) is 9.18. The molecule has 0 spiro atoms. The Morgan fingerprint density at radius 2 is 0.725 bits per heavy atom. The quantitative estimate of drug-likeness (QED) is 0.175. The Balaban J connectivity index is 1.19. The van der Waals surface area contributed by atoms with Crippen molar-refractivity contribution < 1.29 is 0 Å². The first-order chi connectivity index (χ1) is 24.4. The van der Waals surface area contributed by atoms with Gasteiger partial charge in [-0.2, -0.15) is 0 Å². The molecule has 0 aliphatic carbocycles. The lowest BCUT2D eigenvalue weighted by molar-refractivity contribution is 0.569. The van der Waals surface area contributed by atoms with Gasteiger partial charge in [-0.25, -0.2) is 0 Å². The lowest BCUT2D eigenvalue weighted by atomic mass is 9.90. The highest BCUT2D eigenvalue weighted by Gasteiger charge is 2.17. The molecule has 7 rings (SSSR count). The molecule has 0 atom stereocenters. The Morgan fingerprint density at radius 1 is 0.373 bits per heavy atom. The van der Waals surface area contributed by atoms with Gasteiger partial charge in [-0.15, -0.1) is 0 Å². The third kappa shape index (κ3) is 7.38. The highest BCUT2D eigenvalue weighted by atomic mass is 35.5. The van der Waals surface area contributed by atoms with Crippen molar-refractivity contribution in [2.45, 2.75) is 52.4 Å². The molecule has 0 fully saturated rings. The van der Waals surface area contributed by atoms with E-state index in [9.17, 15) is 0 Å². The van der Waals surface area contributed by atoms with Gasteiger partial charge in [-0.05, 0) is 88.0 Å². The van der Waals surface area contributed by atoms with Crippen molar-refractivity contribution in [1.82, 2.24) is 19.9 Å². The van der Waals surface area contributed by atoms with Crippen LogP contribution in [0.5, 0.6) is 0 Å². The molecular formula is C46H41ClN4. The standard InChI is InChI=1S/C46H41ClN4/c1-45(2,3)43-21-17-32(28-50-43)41-19-15-30(26-48-41)37-11-7-9-13-39(37)34-23-35(25-36(47)24-34)40-14-10-8-12-38(40)31-16-20-42(49-27-31)33-18-22-44(51-29-33)46(4,5)6/h7-29H,1-6H3. The second-order valence-electron chi connectivity index (χ2n) is 15.0. The zero-order valence-corrected chi connectivity index (χ0v) is 30.7. The number of benzene rings is 3. The SMILES string of the molecule is CC(C)(C)c1ccc(-c2ccc(-c3ccccc3-c3cc(Cl)cc(-c4ccccc4-c4ccc(-c5ccc(C(C)(C)C)nc5)nc4)c3)cn2)cn1. The van der Waals surface area contributed by atoms with E-state index in [2.05, 4.69) is 145 Å². The summed E-state index contributed by atoms with van der Waals surface area (Å²) in [5.74, 6) is 0. The Hall–Kier alpha value is -5.45. The van der Waals surface area contributed by atoms with Crippen LogP contribution in [-0.4, -0.2) is 19.9 Å².